The summed E-state index contributed by atoms with van der Waals surface area (Å²) < 4.78 is 17.8. The molecule has 0 saturated carbocycles. The van der Waals surface area contributed by atoms with Gasteiger partial charge in [0.25, 0.3) is 0 Å². The van der Waals surface area contributed by atoms with Gasteiger partial charge in [0.1, 0.15) is 0 Å². The fourth-order valence-corrected chi connectivity index (χ4v) is 1.05. The maximum absolute atomic E-state index is 13.2. The van der Waals surface area contributed by atoms with E-state index in [1.807, 2.05) is 27.7 Å². The van der Waals surface area contributed by atoms with E-state index < -0.39 is 11.8 Å². The number of hydrogen-bond acceptors (Lipinski definition) is 3. The van der Waals surface area contributed by atoms with Crippen molar-refractivity contribution >= 4 is 12.4 Å². The molecular formula is C14H22FNO3. The molecule has 0 aliphatic carbocycles. The lowest BCUT2D eigenvalue weighted by Gasteiger charge is -2.05. The molecule has 5 heteroatoms. The van der Waals surface area contributed by atoms with E-state index in [1.54, 1.807) is 6.07 Å². The van der Waals surface area contributed by atoms with Gasteiger partial charge in [0.15, 0.2) is 11.6 Å². The Morgan fingerprint density at radius 1 is 1.32 bits per heavy atom. The molecule has 0 spiro atoms. The average Bonchev–Trinajstić information content (AvgIpc) is 2.43. The molecule has 108 valence electrons. The van der Waals surface area contributed by atoms with E-state index in [0.717, 1.165) is 0 Å². The molecule has 1 amide bonds. The molecule has 1 aromatic carbocycles. The van der Waals surface area contributed by atoms with E-state index in [0.29, 0.717) is 12.0 Å². The Labute approximate surface area is 114 Å². The van der Waals surface area contributed by atoms with E-state index in [2.05, 4.69) is 10.1 Å². The normalized spacial score (nSPS) is 8.11. The van der Waals surface area contributed by atoms with Crippen molar-refractivity contribution in [1.29, 1.82) is 0 Å². The minimum absolute atomic E-state index is 0.114. The second-order valence-corrected chi connectivity index (χ2v) is 2.86. The summed E-state index contributed by atoms with van der Waals surface area (Å²) in [5.41, 5.74) is 0.593. The van der Waals surface area contributed by atoms with Crippen LogP contribution in [0.15, 0.2) is 18.2 Å². The van der Waals surface area contributed by atoms with Crippen LogP contribution in [0.4, 0.5) is 4.39 Å². The molecule has 1 aromatic rings. The third-order valence-electron chi connectivity index (χ3n) is 1.64. The fraction of sp³-hybridized carbons (Fsp3) is 0.429. The van der Waals surface area contributed by atoms with E-state index in [1.165, 1.54) is 19.1 Å². The van der Waals surface area contributed by atoms with Crippen LogP contribution in [-0.2, 0) is 16.1 Å². The van der Waals surface area contributed by atoms with E-state index in [4.69, 9.17) is 0 Å². The summed E-state index contributed by atoms with van der Waals surface area (Å²) in [6.07, 6.45) is 0.526. The van der Waals surface area contributed by atoms with Gasteiger partial charge in [-0.25, -0.2) is 4.39 Å². The van der Waals surface area contributed by atoms with Gasteiger partial charge in [-0.3, -0.25) is 9.59 Å². The number of amides is 1. The molecule has 0 saturated heterocycles. The van der Waals surface area contributed by atoms with Gasteiger partial charge in [0.2, 0.25) is 6.41 Å². The molecule has 0 fully saturated rings. The molecule has 4 nitrogen and oxygen atoms in total. The van der Waals surface area contributed by atoms with Gasteiger partial charge in [-0.15, -0.1) is 0 Å². The van der Waals surface area contributed by atoms with Crippen molar-refractivity contribution in [2.75, 3.05) is 0 Å². The quantitative estimate of drug-likeness (QED) is 0.520. The van der Waals surface area contributed by atoms with Crippen LogP contribution in [-0.4, -0.2) is 12.4 Å². The monoisotopic (exact) mass is 271 g/mol. The summed E-state index contributed by atoms with van der Waals surface area (Å²) >= 11 is 0. The van der Waals surface area contributed by atoms with Gasteiger partial charge >= 0.3 is 5.97 Å². The van der Waals surface area contributed by atoms with Crippen molar-refractivity contribution in [2.24, 2.45) is 0 Å². The number of rotatable bonds is 4. The smallest absolute Gasteiger partial charge is 0.308 e. The van der Waals surface area contributed by atoms with Gasteiger partial charge in [0.05, 0.1) is 0 Å². The van der Waals surface area contributed by atoms with Crippen molar-refractivity contribution in [1.82, 2.24) is 5.32 Å². The molecule has 1 N–H and O–H groups in total. The molecule has 0 aromatic heterocycles. The minimum atomic E-state index is -0.629. The van der Waals surface area contributed by atoms with Crippen molar-refractivity contribution in [3.8, 4) is 5.75 Å². The highest BCUT2D eigenvalue weighted by molar-refractivity contribution is 5.69. The highest BCUT2D eigenvalue weighted by atomic mass is 19.1. The molecule has 0 aliphatic rings. The Morgan fingerprint density at radius 3 is 2.32 bits per heavy atom. The first kappa shape index (κ1) is 19.4. The summed E-state index contributed by atoms with van der Waals surface area (Å²) in [5, 5.41) is 2.40. The average molecular weight is 271 g/mol. The third kappa shape index (κ3) is 8.77. The summed E-state index contributed by atoms with van der Waals surface area (Å²) in [4.78, 5) is 20.6. The van der Waals surface area contributed by atoms with Crippen molar-refractivity contribution in [2.45, 2.75) is 41.2 Å². The Kier molecular flexibility index (Phi) is 12.8. The Morgan fingerprint density at radius 2 is 1.89 bits per heavy atom. The van der Waals surface area contributed by atoms with Gasteiger partial charge < -0.3 is 10.1 Å². The van der Waals surface area contributed by atoms with Crippen LogP contribution in [0.25, 0.3) is 0 Å². The molecule has 19 heavy (non-hydrogen) atoms. The van der Waals surface area contributed by atoms with Crippen LogP contribution in [0.3, 0.4) is 0 Å². The molecule has 0 atom stereocenters. The zero-order valence-electron chi connectivity index (χ0n) is 12.1. The van der Waals surface area contributed by atoms with Crippen LogP contribution in [0, 0.1) is 5.82 Å². The van der Waals surface area contributed by atoms with E-state index in [-0.39, 0.29) is 12.3 Å². The van der Waals surface area contributed by atoms with Crippen molar-refractivity contribution in [3.63, 3.8) is 0 Å². The Hall–Kier alpha value is -1.91. The van der Waals surface area contributed by atoms with Crippen LogP contribution in [0.2, 0.25) is 0 Å². The first-order valence-corrected chi connectivity index (χ1v) is 6.27. The fourth-order valence-electron chi connectivity index (χ4n) is 1.05. The first-order chi connectivity index (χ1) is 9.13. The summed E-state index contributed by atoms with van der Waals surface area (Å²) in [7, 11) is 0. The topological polar surface area (TPSA) is 55.4 Å². The highest BCUT2D eigenvalue weighted by Gasteiger charge is 2.06. The standard InChI is InChI=1S/C10H10FNO3.2C2H6/c1-7(14)15-10-3-2-8(4-9(10)11)5-12-6-13;2*1-2/h2-4,6H,5H2,1H3,(H,12,13);2*1-2H3. The summed E-state index contributed by atoms with van der Waals surface area (Å²) in [6.45, 7) is 9.43. The molecule has 0 radical (unpaired) electrons. The van der Waals surface area contributed by atoms with Gasteiger partial charge in [-0.1, -0.05) is 33.8 Å². The molecule has 0 unspecified atom stereocenters. The Balaban J connectivity index is 0. The summed E-state index contributed by atoms with van der Waals surface area (Å²) in [5.74, 6) is -1.32. The number of ether oxygens (including phenoxy) is 1. The number of carbonyl (C=O) groups is 2. The molecule has 1 rings (SSSR count). The van der Waals surface area contributed by atoms with Crippen LogP contribution in [0.1, 0.15) is 40.2 Å². The predicted octanol–water partition coefficient (Wildman–Crippen LogP) is 3.05. The third-order valence-corrected chi connectivity index (χ3v) is 1.64. The summed E-state index contributed by atoms with van der Waals surface area (Å²) in [6, 6.07) is 4.12. The van der Waals surface area contributed by atoms with Crippen molar-refractivity contribution in [3.05, 3.63) is 29.6 Å². The number of halogens is 1. The second kappa shape index (κ2) is 12.5. The van der Waals surface area contributed by atoms with Crippen LogP contribution in [0.5, 0.6) is 5.75 Å². The number of nitrogens with one attached hydrogen (secondary N) is 1. The van der Waals surface area contributed by atoms with Gasteiger partial charge in [-0.2, -0.15) is 0 Å². The van der Waals surface area contributed by atoms with E-state index in [9.17, 15) is 14.0 Å². The first-order valence-electron chi connectivity index (χ1n) is 6.27. The largest absolute Gasteiger partial charge is 0.424 e. The minimum Gasteiger partial charge on any atom is -0.424 e. The van der Waals surface area contributed by atoms with Crippen LogP contribution >= 0.6 is 0 Å². The van der Waals surface area contributed by atoms with Gasteiger partial charge in [0, 0.05) is 13.5 Å². The number of benzene rings is 1. The maximum atomic E-state index is 13.2. The molecule has 0 bridgehead atoms. The van der Waals surface area contributed by atoms with Crippen LogP contribution < -0.4 is 10.1 Å². The maximum Gasteiger partial charge on any atom is 0.308 e. The lowest BCUT2D eigenvalue weighted by atomic mass is 10.2. The lowest BCUT2D eigenvalue weighted by Crippen LogP contribution is -2.10. The number of hydrogen-bond donors (Lipinski definition) is 1. The Bertz CT molecular complexity index is 381. The lowest BCUT2D eigenvalue weighted by molar-refractivity contribution is -0.132. The number of carbonyl (C=O) groups excluding carboxylic acids is 2. The zero-order valence-corrected chi connectivity index (χ0v) is 12.1. The predicted molar refractivity (Wildman–Crippen MR) is 73.3 cm³/mol. The molecule has 0 aliphatic heterocycles. The van der Waals surface area contributed by atoms with Crippen molar-refractivity contribution < 1.29 is 18.7 Å². The molecule has 0 heterocycles. The molecular weight excluding hydrogens is 249 g/mol. The SMILES string of the molecule is CC.CC.CC(=O)Oc1ccc(CNC=O)cc1F. The van der Waals surface area contributed by atoms with E-state index >= 15 is 0 Å². The highest BCUT2D eigenvalue weighted by Crippen LogP contribution is 2.18. The van der Waals surface area contributed by atoms with Gasteiger partial charge in [-0.05, 0) is 17.7 Å². The number of esters is 1. The zero-order chi connectivity index (χ0) is 15.3. The second-order valence-electron chi connectivity index (χ2n) is 2.86.